The normalized spacial score (nSPS) is 14.6. The van der Waals surface area contributed by atoms with Crippen LogP contribution >= 0.6 is 0 Å². The lowest BCUT2D eigenvalue weighted by Gasteiger charge is -2.23. The van der Waals surface area contributed by atoms with E-state index in [9.17, 15) is 13.2 Å². The lowest BCUT2D eigenvalue weighted by molar-refractivity contribution is 0.0720. The summed E-state index contributed by atoms with van der Waals surface area (Å²) in [7, 11) is -1.89. The van der Waals surface area contributed by atoms with E-state index in [1.54, 1.807) is 41.3 Å². The van der Waals surface area contributed by atoms with Gasteiger partial charge in [0.2, 0.25) is 10.0 Å². The number of aromatic nitrogens is 3. The lowest BCUT2D eigenvalue weighted by atomic mass is 10.2. The third-order valence-electron chi connectivity index (χ3n) is 5.41. The summed E-state index contributed by atoms with van der Waals surface area (Å²) in [5.41, 5.74) is 2.16. The van der Waals surface area contributed by atoms with Gasteiger partial charge in [-0.25, -0.2) is 8.42 Å². The molecule has 0 bridgehead atoms. The molecule has 162 valence electrons. The van der Waals surface area contributed by atoms with Crippen molar-refractivity contribution in [3.63, 3.8) is 0 Å². The molecular formula is C22H25N5O3S. The minimum atomic E-state index is -3.59. The lowest BCUT2D eigenvalue weighted by Crippen LogP contribution is -2.31. The minimum absolute atomic E-state index is 0.158. The van der Waals surface area contributed by atoms with Crippen molar-refractivity contribution in [2.45, 2.75) is 30.8 Å². The molecule has 4 heterocycles. The second kappa shape index (κ2) is 8.99. The van der Waals surface area contributed by atoms with Crippen molar-refractivity contribution in [3.05, 3.63) is 78.1 Å². The Morgan fingerprint density at radius 1 is 1.03 bits per heavy atom. The number of carbonyl (C=O) groups is 1. The Morgan fingerprint density at radius 3 is 2.42 bits per heavy atom. The van der Waals surface area contributed by atoms with Gasteiger partial charge in [-0.3, -0.25) is 14.8 Å². The van der Waals surface area contributed by atoms with E-state index in [1.807, 2.05) is 24.3 Å². The number of amides is 1. The summed E-state index contributed by atoms with van der Waals surface area (Å²) in [6.45, 7) is 1.77. The smallest absolute Gasteiger partial charge is 0.271 e. The van der Waals surface area contributed by atoms with E-state index in [4.69, 9.17) is 0 Å². The number of carbonyl (C=O) groups excluding carboxylic acids is 1. The Bertz CT molecular complexity index is 1100. The SMILES string of the molecule is Cn1cc(S(=O)(=O)N2CCCC2)cc1C(=O)N(Cc1ccncc1)Cc1cccnc1. The molecule has 0 atom stereocenters. The van der Waals surface area contributed by atoms with E-state index >= 15 is 0 Å². The Balaban J connectivity index is 1.64. The largest absolute Gasteiger partial charge is 0.345 e. The van der Waals surface area contributed by atoms with Crippen LogP contribution in [0.1, 0.15) is 34.5 Å². The Morgan fingerprint density at radius 2 is 1.74 bits per heavy atom. The average Bonchev–Trinajstić information content (AvgIpc) is 3.45. The fourth-order valence-corrected chi connectivity index (χ4v) is 5.34. The molecule has 8 nitrogen and oxygen atoms in total. The molecule has 9 heteroatoms. The van der Waals surface area contributed by atoms with Crippen LogP contribution < -0.4 is 0 Å². The molecule has 0 aliphatic carbocycles. The number of hydrogen-bond acceptors (Lipinski definition) is 5. The van der Waals surface area contributed by atoms with Crippen molar-refractivity contribution in [3.8, 4) is 0 Å². The van der Waals surface area contributed by atoms with Gasteiger partial charge in [0, 0.05) is 64.2 Å². The van der Waals surface area contributed by atoms with E-state index in [-0.39, 0.29) is 10.8 Å². The molecule has 3 aromatic rings. The van der Waals surface area contributed by atoms with Crippen molar-refractivity contribution in [2.24, 2.45) is 7.05 Å². The standard InChI is InChI=1S/C22H25N5O3S/c1-25-17-20(31(29,30)27-11-2-3-12-27)13-21(25)22(28)26(15-18-6-9-23-10-7-18)16-19-5-4-8-24-14-19/h4-10,13-14,17H,2-3,11-12,15-16H2,1H3. The highest BCUT2D eigenvalue weighted by molar-refractivity contribution is 7.89. The molecule has 1 aliphatic rings. The summed E-state index contributed by atoms with van der Waals surface area (Å²) in [6.07, 6.45) is 10.0. The van der Waals surface area contributed by atoms with Crippen LogP contribution in [0.4, 0.5) is 0 Å². The second-order valence-electron chi connectivity index (χ2n) is 7.66. The van der Waals surface area contributed by atoms with E-state index in [0.29, 0.717) is 31.9 Å². The van der Waals surface area contributed by atoms with Gasteiger partial charge in [0.15, 0.2) is 0 Å². The number of aryl methyl sites for hydroxylation is 1. The number of rotatable bonds is 7. The summed E-state index contributed by atoms with van der Waals surface area (Å²) < 4.78 is 29.0. The van der Waals surface area contributed by atoms with Crippen LogP contribution in [0.2, 0.25) is 0 Å². The Kier molecular flexibility index (Phi) is 6.15. The molecule has 1 saturated heterocycles. The fraction of sp³-hybridized carbons (Fsp3) is 0.318. The predicted molar refractivity (Wildman–Crippen MR) is 115 cm³/mol. The summed E-state index contributed by atoms with van der Waals surface area (Å²) >= 11 is 0. The van der Waals surface area contributed by atoms with Gasteiger partial charge in [0.05, 0.1) is 0 Å². The summed E-state index contributed by atoms with van der Waals surface area (Å²) in [6, 6.07) is 8.94. The van der Waals surface area contributed by atoms with Crippen molar-refractivity contribution >= 4 is 15.9 Å². The van der Waals surface area contributed by atoms with Gasteiger partial charge in [-0.15, -0.1) is 0 Å². The first-order valence-electron chi connectivity index (χ1n) is 10.2. The minimum Gasteiger partial charge on any atom is -0.345 e. The monoisotopic (exact) mass is 439 g/mol. The van der Waals surface area contributed by atoms with Crippen molar-refractivity contribution in [1.29, 1.82) is 0 Å². The molecule has 0 spiro atoms. The Hall–Kier alpha value is -3.04. The maximum absolute atomic E-state index is 13.5. The molecule has 0 radical (unpaired) electrons. The van der Waals surface area contributed by atoms with Gasteiger partial charge < -0.3 is 9.47 Å². The van der Waals surface area contributed by atoms with Crippen molar-refractivity contribution in [1.82, 2.24) is 23.7 Å². The fourth-order valence-electron chi connectivity index (χ4n) is 3.75. The molecule has 1 aliphatic heterocycles. The molecule has 0 unspecified atom stereocenters. The molecule has 0 saturated carbocycles. The van der Waals surface area contributed by atoms with E-state index in [0.717, 1.165) is 24.0 Å². The second-order valence-corrected chi connectivity index (χ2v) is 9.60. The molecule has 1 amide bonds. The van der Waals surface area contributed by atoms with Crippen LogP contribution in [0.3, 0.4) is 0 Å². The van der Waals surface area contributed by atoms with Crippen LogP contribution in [0.15, 0.2) is 66.2 Å². The van der Waals surface area contributed by atoms with Gasteiger partial charge in [-0.1, -0.05) is 6.07 Å². The molecule has 3 aromatic heterocycles. The topological polar surface area (TPSA) is 88.4 Å². The molecular weight excluding hydrogens is 414 g/mol. The first-order valence-corrected chi connectivity index (χ1v) is 11.6. The highest BCUT2D eigenvalue weighted by Crippen LogP contribution is 2.24. The number of sulfonamides is 1. The number of nitrogens with zero attached hydrogens (tertiary/aromatic N) is 5. The van der Waals surface area contributed by atoms with E-state index in [1.165, 1.54) is 16.6 Å². The average molecular weight is 440 g/mol. The van der Waals surface area contributed by atoms with Crippen LogP contribution in [0, 0.1) is 0 Å². The number of hydrogen-bond donors (Lipinski definition) is 0. The Labute approximate surface area is 182 Å². The van der Waals surface area contributed by atoms with Crippen LogP contribution in [0.25, 0.3) is 0 Å². The first-order chi connectivity index (χ1) is 14.9. The third-order valence-corrected chi connectivity index (χ3v) is 7.27. The molecule has 1 fully saturated rings. The number of pyridine rings is 2. The molecule has 0 N–H and O–H groups in total. The van der Waals surface area contributed by atoms with Crippen LogP contribution in [-0.4, -0.2) is 51.2 Å². The van der Waals surface area contributed by atoms with Gasteiger partial charge in [0.25, 0.3) is 5.91 Å². The van der Waals surface area contributed by atoms with Gasteiger partial charge in [0.1, 0.15) is 10.6 Å². The maximum Gasteiger partial charge on any atom is 0.271 e. The quantitative estimate of drug-likeness (QED) is 0.564. The van der Waals surface area contributed by atoms with Crippen molar-refractivity contribution in [2.75, 3.05) is 13.1 Å². The van der Waals surface area contributed by atoms with E-state index in [2.05, 4.69) is 9.97 Å². The zero-order valence-electron chi connectivity index (χ0n) is 17.4. The molecule has 31 heavy (non-hydrogen) atoms. The third kappa shape index (κ3) is 4.67. The molecule has 4 rings (SSSR count). The van der Waals surface area contributed by atoms with Gasteiger partial charge >= 0.3 is 0 Å². The summed E-state index contributed by atoms with van der Waals surface area (Å²) in [5.74, 6) is -0.244. The predicted octanol–water partition coefficient (Wildman–Crippen LogP) is 2.44. The van der Waals surface area contributed by atoms with Gasteiger partial charge in [-0.2, -0.15) is 4.31 Å². The summed E-state index contributed by atoms with van der Waals surface area (Å²) in [4.78, 5) is 23.5. The maximum atomic E-state index is 13.5. The molecule has 0 aromatic carbocycles. The highest BCUT2D eigenvalue weighted by atomic mass is 32.2. The van der Waals surface area contributed by atoms with Gasteiger partial charge in [-0.05, 0) is 48.2 Å². The zero-order valence-corrected chi connectivity index (χ0v) is 18.2. The summed E-state index contributed by atoms with van der Waals surface area (Å²) in [5, 5.41) is 0. The van der Waals surface area contributed by atoms with E-state index < -0.39 is 10.0 Å². The highest BCUT2D eigenvalue weighted by Gasteiger charge is 2.30. The van der Waals surface area contributed by atoms with Crippen LogP contribution in [-0.2, 0) is 30.2 Å². The first kappa shape index (κ1) is 21.2. The van der Waals surface area contributed by atoms with Crippen LogP contribution in [0.5, 0.6) is 0 Å². The zero-order chi connectivity index (χ0) is 21.8. The van der Waals surface area contributed by atoms with Crippen molar-refractivity contribution < 1.29 is 13.2 Å².